The van der Waals surface area contributed by atoms with E-state index < -0.39 is 0 Å². The second-order valence-corrected chi connectivity index (χ2v) is 7.65. The number of likely N-dealkylation sites (N-methyl/N-ethyl adjacent to an activating group) is 1. The molecule has 0 spiro atoms. The van der Waals surface area contributed by atoms with Crippen LogP contribution >= 0.6 is 0 Å². The fraction of sp³-hybridized carbons (Fsp3) is 0.435. The predicted octanol–water partition coefficient (Wildman–Crippen LogP) is 4.20. The molecule has 0 bridgehead atoms. The minimum absolute atomic E-state index is 0.0891. The number of nitrogens with zero attached hydrogens (tertiary/aromatic N) is 1. The molecule has 2 aromatic rings. The Morgan fingerprint density at radius 3 is 1.88 bits per heavy atom. The molecule has 26 heavy (non-hydrogen) atoms. The zero-order valence-corrected chi connectivity index (χ0v) is 15.9. The van der Waals surface area contributed by atoms with Crippen LogP contribution in [0.1, 0.15) is 49.1 Å². The average Bonchev–Trinajstić information content (AvgIpc) is 2.69. The Labute approximate surface area is 157 Å². The molecule has 0 aliphatic heterocycles. The van der Waals surface area contributed by atoms with Crippen molar-refractivity contribution >= 4 is 5.91 Å². The summed E-state index contributed by atoms with van der Waals surface area (Å²) in [7, 11) is 4.28. The van der Waals surface area contributed by atoms with Crippen molar-refractivity contribution in [2.24, 2.45) is 0 Å². The van der Waals surface area contributed by atoms with Crippen LogP contribution in [-0.4, -0.2) is 37.0 Å². The molecule has 1 aliphatic rings. The van der Waals surface area contributed by atoms with Crippen LogP contribution in [0.15, 0.2) is 60.7 Å². The highest BCUT2D eigenvalue weighted by Crippen LogP contribution is 2.32. The fourth-order valence-corrected chi connectivity index (χ4v) is 4.13. The first-order chi connectivity index (χ1) is 12.6. The van der Waals surface area contributed by atoms with Crippen LogP contribution in [0.2, 0.25) is 0 Å². The number of amides is 1. The molecule has 3 heteroatoms. The third-order valence-corrected chi connectivity index (χ3v) is 5.85. The molecule has 0 radical (unpaired) electrons. The van der Waals surface area contributed by atoms with Gasteiger partial charge in [-0.1, -0.05) is 79.9 Å². The lowest BCUT2D eigenvalue weighted by Crippen LogP contribution is -2.54. The smallest absolute Gasteiger partial charge is 0.232 e. The van der Waals surface area contributed by atoms with Gasteiger partial charge in [-0.3, -0.25) is 4.79 Å². The van der Waals surface area contributed by atoms with E-state index in [1.165, 1.54) is 19.3 Å². The number of carbonyl (C=O) groups is 1. The second kappa shape index (κ2) is 8.50. The van der Waals surface area contributed by atoms with E-state index in [2.05, 4.69) is 24.3 Å². The highest BCUT2D eigenvalue weighted by molar-refractivity contribution is 5.87. The standard InChI is InChI=1S/C23H30N2O/c1-25(2)23(16-10-5-11-17-23)18-24-22(26)21(19-12-6-3-7-13-19)20-14-8-4-9-15-20/h3-4,6-9,12-15,21H,5,10-11,16-18H2,1-2H3,(H,24,26). The lowest BCUT2D eigenvalue weighted by atomic mass is 9.80. The van der Waals surface area contributed by atoms with Crippen molar-refractivity contribution in [1.29, 1.82) is 0 Å². The summed E-state index contributed by atoms with van der Waals surface area (Å²) in [6, 6.07) is 20.2. The summed E-state index contributed by atoms with van der Waals surface area (Å²) in [6.45, 7) is 0.717. The van der Waals surface area contributed by atoms with Crippen molar-refractivity contribution < 1.29 is 4.79 Å². The molecular formula is C23H30N2O. The summed E-state index contributed by atoms with van der Waals surface area (Å²) in [4.78, 5) is 15.5. The SMILES string of the molecule is CN(C)C1(CNC(=O)C(c2ccccc2)c2ccccc2)CCCCC1. The van der Waals surface area contributed by atoms with E-state index in [-0.39, 0.29) is 17.4 Å². The van der Waals surface area contributed by atoms with Gasteiger partial charge in [0.05, 0.1) is 5.92 Å². The van der Waals surface area contributed by atoms with Crippen LogP contribution in [0.3, 0.4) is 0 Å². The average molecular weight is 351 g/mol. The van der Waals surface area contributed by atoms with Gasteiger partial charge in [-0.15, -0.1) is 0 Å². The summed E-state index contributed by atoms with van der Waals surface area (Å²) >= 11 is 0. The third-order valence-electron chi connectivity index (χ3n) is 5.85. The Balaban J connectivity index is 1.80. The third kappa shape index (κ3) is 4.16. The number of nitrogens with one attached hydrogen (secondary N) is 1. The first-order valence-corrected chi connectivity index (χ1v) is 9.67. The van der Waals surface area contributed by atoms with Crippen LogP contribution in [0.25, 0.3) is 0 Å². The summed E-state index contributed by atoms with van der Waals surface area (Å²) in [5.41, 5.74) is 2.17. The first kappa shape index (κ1) is 18.7. The molecule has 3 nitrogen and oxygen atoms in total. The topological polar surface area (TPSA) is 32.3 Å². The Hall–Kier alpha value is -2.13. The monoisotopic (exact) mass is 350 g/mol. The lowest BCUT2D eigenvalue weighted by Gasteiger charge is -2.43. The summed E-state index contributed by atoms with van der Waals surface area (Å²) in [5, 5.41) is 3.29. The van der Waals surface area contributed by atoms with Crippen LogP contribution in [-0.2, 0) is 4.79 Å². The van der Waals surface area contributed by atoms with Crippen molar-refractivity contribution in [2.45, 2.75) is 43.6 Å². The Kier molecular flexibility index (Phi) is 6.10. The van der Waals surface area contributed by atoms with Crippen molar-refractivity contribution in [3.05, 3.63) is 71.8 Å². The number of hydrogen-bond acceptors (Lipinski definition) is 2. The molecule has 2 aromatic carbocycles. The van der Waals surface area contributed by atoms with Crippen molar-refractivity contribution in [2.75, 3.05) is 20.6 Å². The van der Waals surface area contributed by atoms with E-state index in [1.54, 1.807) is 0 Å². The molecule has 1 amide bonds. The van der Waals surface area contributed by atoms with Gasteiger partial charge in [-0.2, -0.15) is 0 Å². The largest absolute Gasteiger partial charge is 0.353 e. The number of hydrogen-bond donors (Lipinski definition) is 1. The van der Waals surface area contributed by atoms with Gasteiger partial charge in [0.2, 0.25) is 5.91 Å². The molecule has 0 heterocycles. The highest BCUT2D eigenvalue weighted by atomic mass is 16.1. The minimum atomic E-state index is -0.264. The molecule has 1 fully saturated rings. The van der Waals surface area contributed by atoms with E-state index in [4.69, 9.17) is 0 Å². The highest BCUT2D eigenvalue weighted by Gasteiger charge is 2.35. The van der Waals surface area contributed by atoms with Crippen molar-refractivity contribution in [1.82, 2.24) is 10.2 Å². The first-order valence-electron chi connectivity index (χ1n) is 9.67. The van der Waals surface area contributed by atoms with Gasteiger partial charge in [0.25, 0.3) is 0 Å². The maximum Gasteiger partial charge on any atom is 0.232 e. The minimum Gasteiger partial charge on any atom is -0.353 e. The zero-order chi connectivity index (χ0) is 18.4. The van der Waals surface area contributed by atoms with Gasteiger partial charge in [-0.25, -0.2) is 0 Å². The van der Waals surface area contributed by atoms with Crippen LogP contribution in [0.5, 0.6) is 0 Å². The maximum atomic E-state index is 13.2. The molecule has 0 atom stereocenters. The molecule has 138 valence electrons. The van der Waals surface area contributed by atoms with Gasteiger partial charge in [0.15, 0.2) is 0 Å². The molecule has 1 saturated carbocycles. The normalized spacial score (nSPS) is 16.6. The quantitative estimate of drug-likeness (QED) is 0.847. The van der Waals surface area contributed by atoms with E-state index in [1.807, 2.05) is 60.7 Å². The Bertz CT molecular complexity index is 651. The summed E-state index contributed by atoms with van der Waals surface area (Å²) in [5.74, 6) is -0.172. The van der Waals surface area contributed by atoms with Gasteiger partial charge in [-0.05, 0) is 38.1 Å². The van der Waals surface area contributed by atoms with Gasteiger partial charge < -0.3 is 10.2 Å². The van der Waals surface area contributed by atoms with Crippen molar-refractivity contribution in [3.63, 3.8) is 0 Å². The molecule has 0 aromatic heterocycles. The molecule has 0 unspecified atom stereocenters. The van der Waals surface area contributed by atoms with Gasteiger partial charge in [0.1, 0.15) is 0 Å². The summed E-state index contributed by atoms with van der Waals surface area (Å²) < 4.78 is 0. The number of carbonyl (C=O) groups excluding carboxylic acids is 1. The number of rotatable bonds is 6. The lowest BCUT2D eigenvalue weighted by molar-refractivity contribution is -0.122. The van der Waals surface area contributed by atoms with Gasteiger partial charge >= 0.3 is 0 Å². The maximum absolute atomic E-state index is 13.2. The molecule has 3 rings (SSSR count). The Morgan fingerprint density at radius 1 is 0.923 bits per heavy atom. The van der Waals surface area contributed by atoms with Crippen LogP contribution in [0, 0.1) is 0 Å². The predicted molar refractivity (Wildman–Crippen MR) is 107 cm³/mol. The second-order valence-electron chi connectivity index (χ2n) is 7.65. The van der Waals surface area contributed by atoms with E-state index in [9.17, 15) is 4.79 Å². The zero-order valence-electron chi connectivity index (χ0n) is 15.9. The van der Waals surface area contributed by atoms with Crippen LogP contribution in [0.4, 0.5) is 0 Å². The van der Waals surface area contributed by atoms with Crippen LogP contribution < -0.4 is 5.32 Å². The molecule has 1 aliphatic carbocycles. The fourth-order valence-electron chi connectivity index (χ4n) is 4.13. The van der Waals surface area contributed by atoms with E-state index in [0.29, 0.717) is 0 Å². The Morgan fingerprint density at radius 2 is 1.42 bits per heavy atom. The molecular weight excluding hydrogens is 320 g/mol. The van der Waals surface area contributed by atoms with Crippen molar-refractivity contribution in [3.8, 4) is 0 Å². The molecule has 0 saturated heterocycles. The van der Waals surface area contributed by atoms with E-state index in [0.717, 1.165) is 30.5 Å². The van der Waals surface area contributed by atoms with E-state index >= 15 is 0 Å². The molecule has 1 N–H and O–H groups in total. The number of benzene rings is 2. The summed E-state index contributed by atoms with van der Waals surface area (Å²) in [6.07, 6.45) is 6.10. The van der Waals surface area contributed by atoms with Gasteiger partial charge in [0, 0.05) is 12.1 Å².